The van der Waals surface area contributed by atoms with Crippen molar-refractivity contribution in [2.24, 2.45) is 0 Å². The zero-order chi connectivity index (χ0) is 27.3. The van der Waals surface area contributed by atoms with Crippen LogP contribution in [0.15, 0.2) is 0 Å². The Morgan fingerprint density at radius 1 is 0.515 bits per heavy atom. The van der Waals surface area contributed by atoms with Crippen LogP contribution in [0.3, 0.4) is 0 Å². The minimum absolute atomic E-state index is 1.31. The van der Waals surface area contributed by atoms with E-state index in [2.05, 4.69) is 0 Å². The SMILES string of the molecule is FC(F)(F)C(F)(F)C(F)(F)OC(F)(C(F)(F)F)C(F)(F)OC(F)(F)C(F)(F)CC[Si](Cl)(Cl)Cl. The molecule has 0 rings (SSSR count). The van der Waals surface area contributed by atoms with Gasteiger partial charge >= 0.3 is 54.4 Å². The van der Waals surface area contributed by atoms with Gasteiger partial charge in [-0.25, -0.2) is 4.74 Å². The molecule has 0 bridgehead atoms. The lowest BCUT2D eigenvalue weighted by Crippen LogP contribution is -2.67. The Morgan fingerprint density at radius 2 is 0.909 bits per heavy atom. The second-order valence-electron chi connectivity index (χ2n) is 5.74. The number of hydrogen-bond donors (Lipinski definition) is 0. The molecule has 23 heteroatoms. The molecule has 0 spiro atoms. The van der Waals surface area contributed by atoms with Gasteiger partial charge in [0.05, 0.1) is 0 Å². The molecule has 2 nitrogen and oxygen atoms in total. The Labute approximate surface area is 184 Å². The summed E-state index contributed by atoms with van der Waals surface area (Å²) in [4.78, 5) is 0. The van der Waals surface area contributed by atoms with Crippen molar-refractivity contribution in [1.82, 2.24) is 0 Å². The number of hydrogen-bond acceptors (Lipinski definition) is 2. The van der Waals surface area contributed by atoms with Crippen LogP contribution in [0.2, 0.25) is 6.04 Å². The molecule has 200 valence electrons. The highest BCUT2D eigenvalue weighted by atomic mass is 35.8. The first-order valence-corrected chi connectivity index (χ1v) is 12.3. The molecule has 0 saturated heterocycles. The summed E-state index contributed by atoms with van der Waals surface area (Å²) in [6.45, 7) is 0. The maximum Gasteiger partial charge on any atom is 0.462 e. The molecule has 0 heterocycles. The molecule has 33 heavy (non-hydrogen) atoms. The van der Waals surface area contributed by atoms with Crippen LogP contribution in [0.25, 0.3) is 0 Å². The highest BCUT2D eigenvalue weighted by Crippen LogP contribution is 2.57. The van der Waals surface area contributed by atoms with Crippen molar-refractivity contribution in [2.45, 2.75) is 60.8 Å². The summed E-state index contributed by atoms with van der Waals surface area (Å²) in [5.41, 5.74) is 0. The number of rotatable bonds is 10. The molecule has 0 aliphatic heterocycles. The third-order valence-corrected chi connectivity index (χ3v) is 5.65. The van der Waals surface area contributed by atoms with Crippen molar-refractivity contribution in [3.63, 3.8) is 0 Å². The average molecular weight is 614 g/mol. The predicted molar refractivity (Wildman–Crippen MR) is 75.6 cm³/mol. The smallest absolute Gasteiger partial charge is 0.262 e. The fourth-order valence-electron chi connectivity index (χ4n) is 1.43. The third kappa shape index (κ3) is 6.95. The van der Waals surface area contributed by atoms with Gasteiger partial charge < -0.3 is 0 Å². The summed E-state index contributed by atoms with van der Waals surface area (Å²) >= 11 is 15.1. The van der Waals surface area contributed by atoms with Crippen LogP contribution in [-0.2, 0) is 9.47 Å². The van der Waals surface area contributed by atoms with Crippen LogP contribution in [-0.4, -0.2) is 54.4 Å². The largest absolute Gasteiger partial charge is 0.462 e. The highest BCUT2D eigenvalue weighted by molar-refractivity contribution is 7.64. The third-order valence-electron chi connectivity index (χ3n) is 3.13. The normalized spacial score (nSPS) is 17.8. The van der Waals surface area contributed by atoms with Gasteiger partial charge in [-0.05, 0) is 6.04 Å². The number of alkyl halides is 17. The second-order valence-corrected chi connectivity index (χ2v) is 15.0. The van der Waals surface area contributed by atoms with Crippen molar-refractivity contribution in [2.75, 3.05) is 0 Å². The molecular formula is C10H4Cl3F17O2Si. The Balaban J connectivity index is 6.35. The van der Waals surface area contributed by atoms with Gasteiger partial charge in [0.25, 0.3) is 0 Å². The lowest BCUT2D eigenvalue weighted by atomic mass is 10.2. The summed E-state index contributed by atoms with van der Waals surface area (Å²) in [5, 5.41) is 0. The van der Waals surface area contributed by atoms with Gasteiger partial charge in [-0.1, -0.05) is 0 Å². The molecule has 0 fully saturated rings. The Kier molecular flexibility index (Phi) is 8.99. The van der Waals surface area contributed by atoms with E-state index in [9.17, 15) is 74.6 Å². The fraction of sp³-hybridized carbons (Fsp3) is 1.00. The van der Waals surface area contributed by atoms with Crippen molar-refractivity contribution in [1.29, 1.82) is 0 Å². The molecule has 0 aromatic heterocycles. The summed E-state index contributed by atoms with van der Waals surface area (Å²) in [5.74, 6) is -21.9. The van der Waals surface area contributed by atoms with Crippen LogP contribution in [0.5, 0.6) is 0 Å². The van der Waals surface area contributed by atoms with Crippen LogP contribution in [0, 0.1) is 0 Å². The lowest BCUT2D eigenvalue weighted by molar-refractivity contribution is -0.557. The van der Waals surface area contributed by atoms with E-state index in [4.69, 9.17) is 33.2 Å². The first-order chi connectivity index (χ1) is 13.9. The Bertz CT molecular complexity index is 688. The van der Waals surface area contributed by atoms with Gasteiger partial charge in [0.2, 0.25) is 0 Å². The summed E-state index contributed by atoms with van der Waals surface area (Å²) < 4.78 is 222. The van der Waals surface area contributed by atoms with E-state index in [1.165, 1.54) is 4.74 Å². The van der Waals surface area contributed by atoms with Gasteiger partial charge in [-0.15, -0.1) is 33.2 Å². The summed E-state index contributed by atoms with van der Waals surface area (Å²) in [6, 6.07) is -5.78. The number of halogens is 20. The van der Waals surface area contributed by atoms with Crippen LogP contribution < -0.4 is 0 Å². The summed E-state index contributed by atoms with van der Waals surface area (Å²) in [7, 11) is 0. The molecule has 0 aliphatic rings. The van der Waals surface area contributed by atoms with Gasteiger partial charge in [0.1, 0.15) is 0 Å². The van der Waals surface area contributed by atoms with Gasteiger partial charge in [-0.2, -0.15) is 74.6 Å². The van der Waals surface area contributed by atoms with E-state index in [1.807, 2.05) is 0 Å². The van der Waals surface area contributed by atoms with E-state index in [0.717, 1.165) is 0 Å². The van der Waals surface area contributed by atoms with E-state index in [-0.39, 0.29) is 0 Å². The van der Waals surface area contributed by atoms with Crippen LogP contribution >= 0.6 is 33.2 Å². The molecule has 1 unspecified atom stereocenters. The Morgan fingerprint density at radius 3 is 1.21 bits per heavy atom. The monoisotopic (exact) mass is 612 g/mol. The summed E-state index contributed by atoms with van der Waals surface area (Å²) in [6.07, 6.45) is -40.5. The minimum atomic E-state index is -7.97. The second kappa shape index (κ2) is 9.04. The van der Waals surface area contributed by atoms with E-state index in [0.29, 0.717) is 0 Å². The first kappa shape index (κ1) is 32.8. The lowest BCUT2D eigenvalue weighted by Gasteiger charge is -2.39. The minimum Gasteiger partial charge on any atom is -0.262 e. The van der Waals surface area contributed by atoms with Crippen LogP contribution in [0.1, 0.15) is 6.42 Å². The van der Waals surface area contributed by atoms with Gasteiger partial charge in [-0.3, -0.25) is 4.74 Å². The molecule has 0 N–H and O–H groups in total. The van der Waals surface area contributed by atoms with Gasteiger partial charge in [0, 0.05) is 6.42 Å². The zero-order valence-electron chi connectivity index (χ0n) is 14.3. The van der Waals surface area contributed by atoms with Gasteiger partial charge in [0.15, 0.2) is 0 Å². The van der Waals surface area contributed by atoms with Crippen molar-refractivity contribution >= 4 is 39.2 Å². The molecule has 0 radical (unpaired) electrons. The molecule has 0 aromatic rings. The predicted octanol–water partition coefficient (Wildman–Crippen LogP) is 7.90. The molecule has 1 atom stereocenters. The van der Waals surface area contributed by atoms with Crippen LogP contribution in [0.4, 0.5) is 74.6 Å². The maximum absolute atomic E-state index is 13.7. The van der Waals surface area contributed by atoms with Crippen molar-refractivity contribution < 1.29 is 84.1 Å². The standard InChI is InChI=1S/C10H4Cl3F17O2Si/c11-33(12,13)2-1-3(14,15)8(25,26)32-10(29,30)5(18,7(22,23)24)31-9(27,28)4(16,17)6(19,20)21/h1-2H2. The molecule has 0 amide bonds. The quantitative estimate of drug-likeness (QED) is 0.142. The van der Waals surface area contributed by atoms with Crippen molar-refractivity contribution in [3.05, 3.63) is 0 Å². The topological polar surface area (TPSA) is 18.5 Å². The first-order valence-electron chi connectivity index (χ1n) is 7.05. The molecule has 0 saturated carbocycles. The van der Waals surface area contributed by atoms with E-state index in [1.54, 1.807) is 4.74 Å². The average Bonchev–Trinajstić information content (AvgIpc) is 2.48. The zero-order valence-corrected chi connectivity index (χ0v) is 17.6. The van der Waals surface area contributed by atoms with E-state index >= 15 is 0 Å². The molecular weight excluding hydrogens is 610 g/mol. The molecule has 0 aromatic carbocycles. The Hall–Kier alpha value is -0.183. The van der Waals surface area contributed by atoms with Crippen molar-refractivity contribution in [3.8, 4) is 0 Å². The maximum atomic E-state index is 13.7. The fourth-order valence-corrected chi connectivity index (χ4v) is 2.88. The molecule has 0 aliphatic carbocycles. The number of ether oxygens (including phenoxy) is 2. The highest BCUT2D eigenvalue weighted by Gasteiger charge is 2.85. The van der Waals surface area contributed by atoms with E-state index < -0.39 is 66.8 Å².